The minimum atomic E-state index is -3.64. The minimum absolute atomic E-state index is 0.0939. The topological polar surface area (TPSA) is 83.6 Å². The number of aryl methyl sites for hydroxylation is 1. The second-order valence-corrected chi connectivity index (χ2v) is 10.0. The van der Waals surface area contributed by atoms with Gasteiger partial charge in [-0.25, -0.2) is 8.42 Å². The van der Waals surface area contributed by atoms with Crippen molar-refractivity contribution in [1.29, 1.82) is 0 Å². The summed E-state index contributed by atoms with van der Waals surface area (Å²) in [5.74, 6) is -0.438. The summed E-state index contributed by atoms with van der Waals surface area (Å²) in [6.07, 6.45) is 0.924. The van der Waals surface area contributed by atoms with E-state index in [9.17, 15) is 18.0 Å². The Balaban J connectivity index is 1.62. The number of carbonyl (C=O) groups is 2. The number of amides is 1. The molecule has 1 aliphatic rings. The lowest BCUT2D eigenvalue weighted by Crippen LogP contribution is -2.41. The van der Waals surface area contributed by atoms with Gasteiger partial charge in [0.05, 0.1) is 4.90 Å². The Morgan fingerprint density at radius 1 is 1.07 bits per heavy atom. The van der Waals surface area contributed by atoms with Crippen molar-refractivity contribution in [2.45, 2.75) is 31.6 Å². The van der Waals surface area contributed by atoms with Gasteiger partial charge in [-0.3, -0.25) is 9.59 Å². The Hall–Kier alpha value is -2.03. The number of sulfonamides is 1. The first-order chi connectivity index (χ1) is 13.7. The molecule has 29 heavy (non-hydrogen) atoms. The van der Waals surface area contributed by atoms with Gasteiger partial charge in [-0.2, -0.15) is 4.31 Å². The second kappa shape index (κ2) is 8.77. The summed E-state index contributed by atoms with van der Waals surface area (Å²) in [6, 6.07) is 11.6. The molecule has 0 saturated carbocycles. The second-order valence-electron chi connectivity index (χ2n) is 7.21. The third-order valence-electron chi connectivity index (χ3n) is 5.16. The molecule has 2 aromatic rings. The highest BCUT2D eigenvalue weighted by Crippen LogP contribution is 2.26. The number of benzene rings is 2. The summed E-state index contributed by atoms with van der Waals surface area (Å²) < 4.78 is 28.0. The Kier molecular flexibility index (Phi) is 6.55. The van der Waals surface area contributed by atoms with Crippen LogP contribution in [-0.2, 0) is 14.8 Å². The van der Waals surface area contributed by atoms with Crippen molar-refractivity contribution < 1.29 is 18.0 Å². The van der Waals surface area contributed by atoms with Gasteiger partial charge < -0.3 is 5.32 Å². The smallest absolute Gasteiger partial charge is 0.243 e. The molecule has 154 valence electrons. The number of nitrogens with zero attached hydrogens (tertiary/aromatic N) is 1. The molecule has 1 saturated heterocycles. The molecule has 0 atom stereocenters. The molecule has 8 heteroatoms. The number of nitrogens with one attached hydrogen (secondary N) is 1. The summed E-state index contributed by atoms with van der Waals surface area (Å²) in [4.78, 5) is 24.1. The van der Waals surface area contributed by atoms with Crippen LogP contribution in [0.5, 0.6) is 0 Å². The number of rotatable bonds is 5. The Bertz CT molecular complexity index is 1030. The van der Waals surface area contributed by atoms with Crippen LogP contribution in [0.1, 0.15) is 35.7 Å². The van der Waals surface area contributed by atoms with Crippen LogP contribution in [0.4, 0.5) is 5.69 Å². The van der Waals surface area contributed by atoms with Crippen LogP contribution in [0.25, 0.3) is 0 Å². The molecule has 3 rings (SSSR count). The Labute approximate surface area is 179 Å². The summed E-state index contributed by atoms with van der Waals surface area (Å²) >= 11 is 3.45. The molecule has 6 nitrogen and oxygen atoms in total. The van der Waals surface area contributed by atoms with E-state index in [4.69, 9.17) is 0 Å². The highest BCUT2D eigenvalue weighted by molar-refractivity contribution is 9.10. The fourth-order valence-electron chi connectivity index (χ4n) is 3.28. The summed E-state index contributed by atoms with van der Waals surface area (Å²) in [7, 11) is -3.64. The van der Waals surface area contributed by atoms with Gasteiger partial charge in [0.15, 0.2) is 5.78 Å². The number of hydrogen-bond acceptors (Lipinski definition) is 4. The van der Waals surface area contributed by atoms with Crippen LogP contribution in [0, 0.1) is 12.8 Å². The molecule has 1 fully saturated rings. The number of piperidine rings is 1. The van der Waals surface area contributed by atoms with Crippen molar-refractivity contribution in [3.8, 4) is 0 Å². The quantitative estimate of drug-likeness (QED) is 0.658. The van der Waals surface area contributed by atoms with E-state index < -0.39 is 10.0 Å². The lowest BCUT2D eigenvalue weighted by Gasteiger charge is -2.30. The lowest BCUT2D eigenvalue weighted by molar-refractivity contribution is -0.120. The monoisotopic (exact) mass is 478 g/mol. The maximum absolute atomic E-state index is 12.8. The molecule has 2 aromatic carbocycles. The number of hydrogen-bond donors (Lipinski definition) is 1. The van der Waals surface area contributed by atoms with Gasteiger partial charge >= 0.3 is 0 Å². The predicted molar refractivity (Wildman–Crippen MR) is 115 cm³/mol. The number of Topliss-reactive ketones (excluding diaryl/α,β-unsaturated/α-hetero) is 1. The van der Waals surface area contributed by atoms with E-state index in [2.05, 4.69) is 21.2 Å². The van der Waals surface area contributed by atoms with Crippen LogP contribution in [0.15, 0.2) is 51.8 Å². The highest BCUT2D eigenvalue weighted by Gasteiger charge is 2.32. The maximum Gasteiger partial charge on any atom is 0.243 e. The van der Waals surface area contributed by atoms with E-state index in [1.807, 2.05) is 25.1 Å². The number of ketones is 1. The SMILES string of the molecule is CC(=O)c1ccc(S(=O)(=O)N2CCC(C(=O)Nc3ccc(C)c(Br)c3)CC2)cc1. The van der Waals surface area contributed by atoms with Gasteiger partial charge in [-0.05, 0) is 56.5 Å². The molecule has 1 amide bonds. The van der Waals surface area contributed by atoms with Crippen LogP contribution in [-0.4, -0.2) is 37.5 Å². The molecule has 0 unspecified atom stereocenters. The van der Waals surface area contributed by atoms with E-state index in [1.54, 1.807) is 0 Å². The summed E-state index contributed by atoms with van der Waals surface area (Å²) in [5, 5.41) is 2.91. The van der Waals surface area contributed by atoms with E-state index >= 15 is 0 Å². The third kappa shape index (κ3) is 4.94. The molecule has 0 aliphatic carbocycles. The molecule has 1 heterocycles. The van der Waals surface area contributed by atoms with Gasteiger partial charge in [-0.1, -0.05) is 34.1 Å². The van der Waals surface area contributed by atoms with Gasteiger partial charge in [0.25, 0.3) is 0 Å². The van der Waals surface area contributed by atoms with Crippen LogP contribution in [0.3, 0.4) is 0 Å². The Morgan fingerprint density at radius 2 is 1.69 bits per heavy atom. The minimum Gasteiger partial charge on any atom is -0.326 e. The van der Waals surface area contributed by atoms with E-state index in [0.717, 1.165) is 10.0 Å². The molecule has 0 bridgehead atoms. The zero-order chi connectivity index (χ0) is 21.2. The van der Waals surface area contributed by atoms with Crippen molar-refractivity contribution in [3.63, 3.8) is 0 Å². The Morgan fingerprint density at radius 3 is 2.24 bits per heavy atom. The fraction of sp³-hybridized carbons (Fsp3) is 0.333. The third-order valence-corrected chi connectivity index (χ3v) is 7.93. The molecule has 0 aromatic heterocycles. The van der Waals surface area contributed by atoms with E-state index in [1.165, 1.54) is 35.5 Å². The van der Waals surface area contributed by atoms with Gasteiger partial charge in [0.2, 0.25) is 15.9 Å². The molecule has 0 radical (unpaired) electrons. The van der Waals surface area contributed by atoms with Crippen molar-refractivity contribution in [2.75, 3.05) is 18.4 Å². The zero-order valence-corrected chi connectivity index (χ0v) is 18.7. The first-order valence-electron chi connectivity index (χ1n) is 9.36. The van der Waals surface area contributed by atoms with Crippen molar-refractivity contribution in [1.82, 2.24) is 4.31 Å². The molecule has 1 aliphatic heterocycles. The average molecular weight is 479 g/mol. The normalized spacial score (nSPS) is 15.8. The number of carbonyl (C=O) groups excluding carboxylic acids is 2. The summed E-state index contributed by atoms with van der Waals surface area (Å²) in [5.41, 5.74) is 2.27. The van der Waals surface area contributed by atoms with Gasteiger partial charge in [0.1, 0.15) is 0 Å². The van der Waals surface area contributed by atoms with Crippen molar-refractivity contribution in [3.05, 3.63) is 58.1 Å². The average Bonchev–Trinajstić information content (AvgIpc) is 2.71. The molecular formula is C21H23BrN2O4S. The van der Waals surface area contributed by atoms with Crippen LogP contribution < -0.4 is 5.32 Å². The van der Waals surface area contributed by atoms with Crippen LogP contribution in [0.2, 0.25) is 0 Å². The molecular weight excluding hydrogens is 456 g/mol. The van der Waals surface area contributed by atoms with Gasteiger partial charge in [-0.15, -0.1) is 0 Å². The molecule has 1 N–H and O–H groups in total. The number of anilines is 1. The van der Waals surface area contributed by atoms with Crippen LogP contribution >= 0.6 is 15.9 Å². The first-order valence-corrected chi connectivity index (χ1v) is 11.6. The standard InChI is InChI=1S/C21H23BrN2O4S/c1-14-3-6-18(13-20(14)22)23-21(26)17-9-11-24(12-10-17)29(27,28)19-7-4-16(5-8-19)15(2)25/h3-8,13,17H,9-12H2,1-2H3,(H,23,26). The lowest BCUT2D eigenvalue weighted by atomic mass is 9.97. The predicted octanol–water partition coefficient (Wildman–Crippen LogP) is 4.00. The fourth-order valence-corrected chi connectivity index (χ4v) is 5.13. The highest BCUT2D eigenvalue weighted by atomic mass is 79.9. The number of halogens is 1. The van der Waals surface area contributed by atoms with Crippen molar-refractivity contribution in [2.24, 2.45) is 5.92 Å². The summed E-state index contributed by atoms with van der Waals surface area (Å²) in [6.45, 7) is 3.98. The van der Waals surface area contributed by atoms with E-state index in [0.29, 0.717) is 24.1 Å². The largest absolute Gasteiger partial charge is 0.326 e. The van der Waals surface area contributed by atoms with Gasteiger partial charge in [0, 0.05) is 34.7 Å². The first kappa shape index (κ1) is 21.7. The zero-order valence-electron chi connectivity index (χ0n) is 16.3. The van der Waals surface area contributed by atoms with Crippen molar-refractivity contribution >= 4 is 43.3 Å². The maximum atomic E-state index is 12.8. The molecule has 0 spiro atoms. The van der Waals surface area contributed by atoms with E-state index in [-0.39, 0.29) is 35.6 Å².